The second-order valence-corrected chi connectivity index (χ2v) is 3.84. The summed E-state index contributed by atoms with van der Waals surface area (Å²) in [5.41, 5.74) is 0.320. The van der Waals surface area contributed by atoms with Gasteiger partial charge in [-0.25, -0.2) is 9.18 Å². The number of benzene rings is 1. The van der Waals surface area contributed by atoms with Crippen LogP contribution in [-0.2, 0) is 9.47 Å². The molecule has 1 atom stereocenters. The predicted octanol–water partition coefficient (Wildman–Crippen LogP) is 2.79. The first-order valence-electron chi connectivity index (χ1n) is 6.35. The lowest BCUT2D eigenvalue weighted by molar-refractivity contribution is 0.0601. The van der Waals surface area contributed by atoms with Crippen molar-refractivity contribution in [1.29, 1.82) is 0 Å². The molecule has 0 aromatic heterocycles. The van der Waals surface area contributed by atoms with E-state index < -0.39 is 17.5 Å². The van der Waals surface area contributed by atoms with Crippen molar-refractivity contribution in [1.82, 2.24) is 0 Å². The molecular formula is C14H22FNO4. The lowest BCUT2D eigenvalue weighted by Gasteiger charge is -2.17. The second kappa shape index (κ2) is 9.14. The van der Waals surface area contributed by atoms with Crippen LogP contribution in [0.5, 0.6) is 5.75 Å². The van der Waals surface area contributed by atoms with Crippen LogP contribution < -0.4 is 5.32 Å². The number of hydrogen-bond acceptors (Lipinski definition) is 5. The zero-order valence-electron chi connectivity index (χ0n) is 12.5. The number of methoxy groups -OCH3 is 2. The minimum absolute atomic E-state index is 0.0688. The Morgan fingerprint density at radius 2 is 2.00 bits per heavy atom. The third kappa shape index (κ3) is 5.05. The Bertz CT molecular complexity index is 437. The molecule has 1 aromatic carbocycles. The van der Waals surface area contributed by atoms with Gasteiger partial charge in [0.05, 0.1) is 25.0 Å². The van der Waals surface area contributed by atoms with Crippen molar-refractivity contribution < 1.29 is 23.8 Å². The van der Waals surface area contributed by atoms with Gasteiger partial charge < -0.3 is 19.9 Å². The van der Waals surface area contributed by atoms with E-state index in [0.29, 0.717) is 6.61 Å². The number of carbonyl (C=O) groups is 1. The van der Waals surface area contributed by atoms with Gasteiger partial charge in [0.25, 0.3) is 0 Å². The first kappa shape index (κ1) is 18.2. The van der Waals surface area contributed by atoms with Crippen LogP contribution in [0.4, 0.5) is 10.1 Å². The van der Waals surface area contributed by atoms with Crippen LogP contribution in [0, 0.1) is 5.82 Å². The predicted molar refractivity (Wildman–Crippen MR) is 75.7 cm³/mol. The molecule has 0 radical (unpaired) electrons. The molecule has 0 aliphatic carbocycles. The maximum absolute atomic E-state index is 13.3. The first-order chi connectivity index (χ1) is 9.49. The van der Waals surface area contributed by atoms with E-state index >= 15 is 0 Å². The molecule has 0 bridgehead atoms. The molecule has 0 amide bonds. The monoisotopic (exact) mass is 287 g/mol. The summed E-state index contributed by atoms with van der Waals surface area (Å²) in [7, 11) is 2.75. The fraction of sp³-hybridized carbons (Fsp3) is 0.500. The van der Waals surface area contributed by atoms with Crippen LogP contribution in [0.25, 0.3) is 0 Å². The highest BCUT2D eigenvalue weighted by molar-refractivity contribution is 5.96. The highest BCUT2D eigenvalue weighted by Gasteiger charge is 2.17. The fourth-order valence-corrected chi connectivity index (χ4v) is 1.52. The number of carbonyl (C=O) groups excluding carboxylic acids is 1. The van der Waals surface area contributed by atoms with Gasteiger partial charge in [0.1, 0.15) is 0 Å². The molecule has 2 N–H and O–H groups in total. The number of anilines is 1. The van der Waals surface area contributed by atoms with E-state index in [2.05, 4.69) is 10.1 Å². The molecule has 0 saturated carbocycles. The van der Waals surface area contributed by atoms with Crippen molar-refractivity contribution in [2.24, 2.45) is 0 Å². The van der Waals surface area contributed by atoms with Crippen LogP contribution >= 0.6 is 0 Å². The number of nitrogens with one attached hydrogen (secondary N) is 1. The minimum atomic E-state index is -0.810. The van der Waals surface area contributed by atoms with Crippen molar-refractivity contribution >= 4 is 11.7 Å². The molecule has 20 heavy (non-hydrogen) atoms. The summed E-state index contributed by atoms with van der Waals surface area (Å²) < 4.78 is 22.8. The standard InChI is InChI=1S/C12H16FNO4.C2H6/c1-7(6-17-2)14-10-5-9(13)11(15)4-8(10)12(16)18-3;1-2/h4-5,7,14-15H,6H2,1-3H3;1-2H3. The van der Waals surface area contributed by atoms with Crippen molar-refractivity contribution in [3.63, 3.8) is 0 Å². The van der Waals surface area contributed by atoms with Gasteiger partial charge in [-0.2, -0.15) is 0 Å². The summed E-state index contributed by atoms with van der Waals surface area (Å²) in [6.45, 7) is 6.21. The van der Waals surface area contributed by atoms with E-state index in [4.69, 9.17) is 4.74 Å². The topological polar surface area (TPSA) is 67.8 Å². The largest absolute Gasteiger partial charge is 0.505 e. The van der Waals surface area contributed by atoms with E-state index in [1.165, 1.54) is 14.2 Å². The molecular weight excluding hydrogens is 265 g/mol. The van der Waals surface area contributed by atoms with Gasteiger partial charge in [-0.15, -0.1) is 0 Å². The molecule has 1 aromatic rings. The number of rotatable bonds is 5. The number of halogens is 1. The van der Waals surface area contributed by atoms with E-state index in [0.717, 1.165) is 12.1 Å². The second-order valence-electron chi connectivity index (χ2n) is 3.84. The Morgan fingerprint density at radius 1 is 1.40 bits per heavy atom. The Morgan fingerprint density at radius 3 is 2.50 bits per heavy atom. The SMILES string of the molecule is CC.COCC(C)Nc1cc(F)c(O)cc1C(=O)OC. The molecule has 6 heteroatoms. The third-order valence-corrected chi connectivity index (χ3v) is 2.31. The van der Waals surface area contributed by atoms with Crippen molar-refractivity contribution in [2.45, 2.75) is 26.8 Å². The summed E-state index contributed by atoms with van der Waals surface area (Å²) in [6, 6.07) is 1.96. The Balaban J connectivity index is 0.00000172. The number of hydrogen-bond donors (Lipinski definition) is 2. The average Bonchev–Trinajstić information content (AvgIpc) is 2.44. The Kier molecular flexibility index (Phi) is 8.31. The van der Waals surface area contributed by atoms with E-state index in [1.807, 2.05) is 20.8 Å². The quantitative estimate of drug-likeness (QED) is 0.644. The van der Waals surface area contributed by atoms with Gasteiger partial charge in [0.15, 0.2) is 11.6 Å². The number of ether oxygens (including phenoxy) is 2. The zero-order valence-corrected chi connectivity index (χ0v) is 12.5. The molecule has 1 unspecified atom stereocenters. The zero-order chi connectivity index (χ0) is 15.7. The molecule has 0 spiro atoms. The smallest absolute Gasteiger partial charge is 0.340 e. The van der Waals surface area contributed by atoms with Gasteiger partial charge in [0.2, 0.25) is 0 Å². The number of aromatic hydroxyl groups is 1. The normalized spacial score (nSPS) is 11.1. The molecule has 0 fully saturated rings. The molecule has 5 nitrogen and oxygen atoms in total. The number of phenolic OH excluding ortho intramolecular Hbond substituents is 1. The van der Waals surface area contributed by atoms with Crippen LogP contribution in [0.15, 0.2) is 12.1 Å². The highest BCUT2D eigenvalue weighted by Crippen LogP contribution is 2.26. The lowest BCUT2D eigenvalue weighted by Crippen LogP contribution is -2.22. The minimum Gasteiger partial charge on any atom is -0.505 e. The molecule has 0 saturated heterocycles. The van der Waals surface area contributed by atoms with E-state index in [9.17, 15) is 14.3 Å². The average molecular weight is 287 g/mol. The van der Waals surface area contributed by atoms with Gasteiger partial charge in [-0.05, 0) is 13.0 Å². The Hall–Kier alpha value is -1.82. The highest BCUT2D eigenvalue weighted by atomic mass is 19.1. The fourth-order valence-electron chi connectivity index (χ4n) is 1.52. The lowest BCUT2D eigenvalue weighted by atomic mass is 10.1. The summed E-state index contributed by atoms with van der Waals surface area (Å²) in [6.07, 6.45) is 0. The summed E-state index contributed by atoms with van der Waals surface area (Å²) in [5.74, 6) is -2.06. The van der Waals surface area contributed by atoms with E-state index in [-0.39, 0.29) is 17.3 Å². The molecule has 0 aliphatic rings. The van der Waals surface area contributed by atoms with Gasteiger partial charge in [-0.1, -0.05) is 13.8 Å². The van der Waals surface area contributed by atoms with Crippen molar-refractivity contribution in [3.05, 3.63) is 23.5 Å². The molecule has 0 heterocycles. The Labute approximate surface area is 118 Å². The first-order valence-corrected chi connectivity index (χ1v) is 6.35. The summed E-state index contributed by atoms with van der Waals surface area (Å²) in [5, 5.41) is 12.2. The maximum Gasteiger partial charge on any atom is 0.340 e. The molecule has 1 rings (SSSR count). The van der Waals surface area contributed by atoms with Crippen LogP contribution in [0.1, 0.15) is 31.1 Å². The molecule has 114 valence electrons. The van der Waals surface area contributed by atoms with Crippen LogP contribution in [0.2, 0.25) is 0 Å². The third-order valence-electron chi connectivity index (χ3n) is 2.31. The van der Waals surface area contributed by atoms with Gasteiger partial charge in [0, 0.05) is 19.2 Å². The number of phenols is 1. The molecule has 0 aliphatic heterocycles. The maximum atomic E-state index is 13.3. The van der Waals surface area contributed by atoms with Crippen molar-refractivity contribution in [3.8, 4) is 5.75 Å². The van der Waals surface area contributed by atoms with Gasteiger partial charge in [-0.3, -0.25) is 0 Å². The van der Waals surface area contributed by atoms with Gasteiger partial charge >= 0.3 is 5.97 Å². The number of esters is 1. The summed E-state index contributed by atoms with van der Waals surface area (Å²) >= 11 is 0. The summed E-state index contributed by atoms with van der Waals surface area (Å²) in [4.78, 5) is 11.5. The van der Waals surface area contributed by atoms with E-state index in [1.54, 1.807) is 0 Å². The van der Waals surface area contributed by atoms with Crippen LogP contribution in [-0.4, -0.2) is 37.9 Å². The van der Waals surface area contributed by atoms with Crippen LogP contribution in [0.3, 0.4) is 0 Å². The van der Waals surface area contributed by atoms with Crippen molar-refractivity contribution in [2.75, 3.05) is 26.1 Å².